The maximum atomic E-state index is 6.13. The molecule has 2 N–H and O–H groups in total. The van der Waals surface area contributed by atoms with E-state index in [0.29, 0.717) is 12.1 Å². The van der Waals surface area contributed by atoms with Crippen LogP contribution in [0.3, 0.4) is 0 Å². The topological polar surface area (TPSA) is 29.3 Å². The molecule has 1 unspecified atom stereocenters. The maximum Gasteiger partial charge on any atom is 0.0237 e. The quantitative estimate of drug-likeness (QED) is 0.786. The van der Waals surface area contributed by atoms with Crippen LogP contribution >= 0.6 is 0 Å². The second-order valence-electron chi connectivity index (χ2n) is 5.06. The predicted octanol–water partition coefficient (Wildman–Crippen LogP) is 3.02. The number of hydrogen-bond donors (Lipinski definition) is 1. The number of hydrogen-bond acceptors (Lipinski definition) is 2. The monoisotopic (exact) mass is 234 g/mol. The highest BCUT2D eigenvalue weighted by Crippen LogP contribution is 2.09. The zero-order valence-corrected chi connectivity index (χ0v) is 11.4. The molecular formula is C15H26N2. The highest BCUT2D eigenvalue weighted by Gasteiger charge is 2.13. The zero-order chi connectivity index (χ0) is 12.7. The number of nitrogens with two attached hydrogens (primary N) is 1. The molecule has 1 aromatic carbocycles. The Morgan fingerprint density at radius 3 is 2.35 bits per heavy atom. The largest absolute Gasteiger partial charge is 0.327 e. The van der Waals surface area contributed by atoms with E-state index in [0.717, 1.165) is 19.5 Å². The summed E-state index contributed by atoms with van der Waals surface area (Å²) in [6.45, 7) is 8.65. The van der Waals surface area contributed by atoms with E-state index in [2.05, 4.69) is 56.0 Å². The van der Waals surface area contributed by atoms with Crippen LogP contribution in [0.2, 0.25) is 0 Å². The van der Waals surface area contributed by atoms with Gasteiger partial charge in [0, 0.05) is 25.2 Å². The van der Waals surface area contributed by atoms with Crippen molar-refractivity contribution in [2.45, 2.75) is 52.2 Å². The maximum absolute atomic E-state index is 6.13. The summed E-state index contributed by atoms with van der Waals surface area (Å²) >= 11 is 0. The van der Waals surface area contributed by atoms with Crippen LogP contribution in [-0.2, 0) is 6.54 Å². The lowest BCUT2D eigenvalue weighted by Crippen LogP contribution is -2.40. The predicted molar refractivity (Wildman–Crippen MR) is 74.9 cm³/mol. The molecule has 0 fully saturated rings. The second kappa shape index (κ2) is 7.46. The second-order valence-corrected chi connectivity index (χ2v) is 5.06. The van der Waals surface area contributed by atoms with E-state index in [1.165, 1.54) is 12.0 Å². The number of rotatable bonds is 7. The van der Waals surface area contributed by atoms with Gasteiger partial charge in [-0.1, -0.05) is 43.7 Å². The molecule has 17 heavy (non-hydrogen) atoms. The van der Waals surface area contributed by atoms with E-state index in [4.69, 9.17) is 5.73 Å². The average molecular weight is 234 g/mol. The fourth-order valence-electron chi connectivity index (χ4n) is 2.04. The molecule has 0 radical (unpaired) electrons. The van der Waals surface area contributed by atoms with Gasteiger partial charge in [0.15, 0.2) is 0 Å². The summed E-state index contributed by atoms with van der Waals surface area (Å²) in [7, 11) is 0. The molecule has 0 bridgehead atoms. The summed E-state index contributed by atoms with van der Waals surface area (Å²) in [5.41, 5.74) is 7.50. The molecule has 1 atom stereocenters. The smallest absolute Gasteiger partial charge is 0.0237 e. The third kappa shape index (κ3) is 5.33. The summed E-state index contributed by atoms with van der Waals surface area (Å²) in [6, 6.07) is 11.5. The molecule has 0 aromatic heterocycles. The first-order chi connectivity index (χ1) is 8.13. The van der Waals surface area contributed by atoms with Gasteiger partial charge < -0.3 is 5.73 Å². The van der Waals surface area contributed by atoms with Gasteiger partial charge in [-0.25, -0.2) is 0 Å². The Balaban J connectivity index is 2.55. The van der Waals surface area contributed by atoms with Crippen molar-refractivity contribution in [3.63, 3.8) is 0 Å². The summed E-state index contributed by atoms with van der Waals surface area (Å²) < 4.78 is 0. The lowest BCUT2D eigenvalue weighted by Gasteiger charge is -2.29. The van der Waals surface area contributed by atoms with Gasteiger partial charge in [-0.2, -0.15) is 0 Å². The molecule has 0 aliphatic rings. The fourth-order valence-corrected chi connectivity index (χ4v) is 2.04. The molecule has 0 saturated heterocycles. The van der Waals surface area contributed by atoms with Crippen LogP contribution in [0.1, 0.15) is 39.2 Å². The van der Waals surface area contributed by atoms with Crippen LogP contribution in [0, 0.1) is 0 Å². The van der Waals surface area contributed by atoms with Gasteiger partial charge in [-0.05, 0) is 25.8 Å². The van der Waals surface area contributed by atoms with Crippen molar-refractivity contribution in [1.82, 2.24) is 4.90 Å². The highest BCUT2D eigenvalue weighted by atomic mass is 15.2. The summed E-state index contributed by atoms with van der Waals surface area (Å²) in [4.78, 5) is 2.45. The number of nitrogens with zero attached hydrogens (tertiary/aromatic N) is 1. The summed E-state index contributed by atoms with van der Waals surface area (Å²) in [5, 5.41) is 0. The Labute approximate surface area is 106 Å². The van der Waals surface area contributed by atoms with E-state index >= 15 is 0 Å². The molecule has 0 saturated carbocycles. The van der Waals surface area contributed by atoms with Gasteiger partial charge in [-0.15, -0.1) is 0 Å². The molecule has 1 rings (SSSR count). The third-order valence-corrected chi connectivity index (χ3v) is 3.09. The van der Waals surface area contributed by atoms with Crippen LogP contribution in [-0.4, -0.2) is 23.5 Å². The molecule has 2 heteroatoms. The molecule has 1 aromatic rings. The zero-order valence-electron chi connectivity index (χ0n) is 11.4. The van der Waals surface area contributed by atoms with Crippen molar-refractivity contribution in [1.29, 1.82) is 0 Å². The van der Waals surface area contributed by atoms with Crippen molar-refractivity contribution in [3.05, 3.63) is 35.9 Å². The first-order valence-electron chi connectivity index (χ1n) is 6.67. The van der Waals surface area contributed by atoms with Crippen molar-refractivity contribution in [2.75, 3.05) is 6.54 Å². The Hall–Kier alpha value is -0.860. The normalized spacial score (nSPS) is 13.3. The van der Waals surface area contributed by atoms with Crippen LogP contribution in [0.5, 0.6) is 0 Å². The lowest BCUT2D eigenvalue weighted by molar-refractivity contribution is 0.196. The van der Waals surface area contributed by atoms with Crippen molar-refractivity contribution < 1.29 is 0 Å². The van der Waals surface area contributed by atoms with Crippen LogP contribution < -0.4 is 5.73 Å². The molecule has 0 heterocycles. The van der Waals surface area contributed by atoms with Crippen molar-refractivity contribution in [2.24, 2.45) is 5.73 Å². The van der Waals surface area contributed by atoms with Crippen LogP contribution in [0.15, 0.2) is 30.3 Å². The van der Waals surface area contributed by atoms with Gasteiger partial charge in [0.2, 0.25) is 0 Å². The molecule has 0 amide bonds. The average Bonchev–Trinajstić information content (AvgIpc) is 2.29. The first kappa shape index (κ1) is 14.2. The molecule has 2 nitrogen and oxygen atoms in total. The van der Waals surface area contributed by atoms with Gasteiger partial charge in [0.1, 0.15) is 0 Å². The minimum Gasteiger partial charge on any atom is -0.327 e. The van der Waals surface area contributed by atoms with Gasteiger partial charge in [0.05, 0.1) is 0 Å². The highest BCUT2D eigenvalue weighted by molar-refractivity contribution is 5.14. The van der Waals surface area contributed by atoms with Gasteiger partial charge in [-0.3, -0.25) is 4.90 Å². The summed E-state index contributed by atoms with van der Waals surface area (Å²) in [5.74, 6) is 0. The molecule has 0 aliphatic heterocycles. The SMILES string of the molecule is CCCC(N)CN(Cc1ccccc1)C(C)C. The van der Waals surface area contributed by atoms with Gasteiger partial charge in [0.25, 0.3) is 0 Å². The van der Waals surface area contributed by atoms with E-state index in [-0.39, 0.29) is 0 Å². The molecule has 0 spiro atoms. The first-order valence-corrected chi connectivity index (χ1v) is 6.67. The Morgan fingerprint density at radius 1 is 1.18 bits per heavy atom. The fraction of sp³-hybridized carbons (Fsp3) is 0.600. The van der Waals surface area contributed by atoms with Crippen LogP contribution in [0.25, 0.3) is 0 Å². The Morgan fingerprint density at radius 2 is 1.82 bits per heavy atom. The summed E-state index contributed by atoms with van der Waals surface area (Å²) in [6.07, 6.45) is 2.27. The van der Waals surface area contributed by atoms with E-state index < -0.39 is 0 Å². The van der Waals surface area contributed by atoms with Crippen LogP contribution in [0.4, 0.5) is 0 Å². The standard InChI is InChI=1S/C15H26N2/c1-4-8-15(16)12-17(13(2)3)11-14-9-6-5-7-10-14/h5-7,9-10,13,15H,4,8,11-12,16H2,1-3H3. The minimum atomic E-state index is 0.297. The minimum absolute atomic E-state index is 0.297. The molecule has 96 valence electrons. The van der Waals surface area contributed by atoms with Crippen molar-refractivity contribution in [3.8, 4) is 0 Å². The van der Waals surface area contributed by atoms with Crippen molar-refractivity contribution >= 4 is 0 Å². The molecule has 0 aliphatic carbocycles. The third-order valence-electron chi connectivity index (χ3n) is 3.09. The molecular weight excluding hydrogens is 208 g/mol. The van der Waals surface area contributed by atoms with E-state index in [9.17, 15) is 0 Å². The lowest BCUT2D eigenvalue weighted by atomic mass is 10.1. The Bertz CT molecular complexity index is 295. The number of benzene rings is 1. The van der Waals surface area contributed by atoms with E-state index in [1.54, 1.807) is 0 Å². The Kier molecular flexibility index (Phi) is 6.23. The van der Waals surface area contributed by atoms with Gasteiger partial charge >= 0.3 is 0 Å². The van der Waals surface area contributed by atoms with E-state index in [1.807, 2.05) is 0 Å².